The molecule has 0 aromatic carbocycles. The van der Waals surface area contributed by atoms with Gasteiger partial charge in [0.25, 0.3) is 5.91 Å². The maximum absolute atomic E-state index is 12.9. The summed E-state index contributed by atoms with van der Waals surface area (Å²) in [6, 6.07) is 0. The van der Waals surface area contributed by atoms with Crippen LogP contribution in [0.5, 0.6) is 0 Å². The number of hydrogen-bond acceptors (Lipinski definition) is 3. The van der Waals surface area contributed by atoms with Gasteiger partial charge < -0.3 is 10.6 Å². The molecule has 0 spiro atoms. The molecule has 0 bridgehead atoms. The Morgan fingerprint density at radius 3 is 2.59 bits per heavy atom. The Hall–Kier alpha value is -0.680. The van der Waals surface area contributed by atoms with E-state index in [1.807, 2.05) is 7.05 Å². The van der Waals surface area contributed by atoms with Gasteiger partial charge in [-0.1, -0.05) is 32.1 Å². The topological polar surface area (TPSA) is 44.4 Å². The lowest BCUT2D eigenvalue weighted by Crippen LogP contribution is -2.49. The Morgan fingerprint density at radius 1 is 1.23 bits per heavy atom. The number of thiocarbonyl (C=S) groups is 1. The van der Waals surface area contributed by atoms with Crippen molar-refractivity contribution in [2.45, 2.75) is 63.3 Å². The molecule has 1 aliphatic carbocycles. The van der Waals surface area contributed by atoms with Crippen LogP contribution in [0.15, 0.2) is 0 Å². The fourth-order valence-electron chi connectivity index (χ4n) is 4.47. The molecule has 0 aromatic rings. The molecule has 4 nitrogen and oxygen atoms in total. The van der Waals surface area contributed by atoms with E-state index >= 15 is 0 Å². The van der Waals surface area contributed by atoms with Crippen LogP contribution >= 0.6 is 12.2 Å². The highest BCUT2D eigenvalue weighted by atomic mass is 32.1. The second kappa shape index (κ2) is 6.83. The van der Waals surface area contributed by atoms with E-state index in [0.29, 0.717) is 11.0 Å². The second-order valence-corrected chi connectivity index (χ2v) is 7.87. The third-order valence-corrected chi connectivity index (χ3v) is 6.24. The highest BCUT2D eigenvalue weighted by molar-refractivity contribution is 7.80. The van der Waals surface area contributed by atoms with Crippen LogP contribution in [0.25, 0.3) is 0 Å². The summed E-state index contributed by atoms with van der Waals surface area (Å²) in [5.41, 5.74) is -0.431. The first kappa shape index (κ1) is 16.2. The predicted molar refractivity (Wildman–Crippen MR) is 92.6 cm³/mol. The van der Waals surface area contributed by atoms with Gasteiger partial charge in [-0.15, -0.1) is 0 Å². The molecular weight excluding hydrogens is 294 g/mol. The SMILES string of the molecule is CN1C(=O)[C@](CCC2CCCCC2)(C[C@@H]2CCNC2)NC1=S. The fourth-order valence-corrected chi connectivity index (χ4v) is 4.75. The van der Waals surface area contributed by atoms with E-state index in [2.05, 4.69) is 10.6 Å². The highest BCUT2D eigenvalue weighted by Crippen LogP contribution is 2.35. The van der Waals surface area contributed by atoms with E-state index in [1.54, 1.807) is 4.90 Å². The van der Waals surface area contributed by atoms with Crippen LogP contribution in [-0.2, 0) is 4.79 Å². The maximum Gasteiger partial charge on any atom is 0.254 e. The maximum atomic E-state index is 12.9. The Bertz CT molecular complexity index is 430. The van der Waals surface area contributed by atoms with Crippen molar-refractivity contribution < 1.29 is 4.79 Å². The van der Waals surface area contributed by atoms with Gasteiger partial charge in [0.15, 0.2) is 5.11 Å². The number of hydrogen-bond donors (Lipinski definition) is 2. The normalized spacial score (nSPS) is 33.5. The number of carbonyl (C=O) groups is 1. The molecule has 5 heteroatoms. The van der Waals surface area contributed by atoms with Crippen molar-refractivity contribution in [2.24, 2.45) is 11.8 Å². The van der Waals surface area contributed by atoms with Crippen molar-refractivity contribution in [3.05, 3.63) is 0 Å². The van der Waals surface area contributed by atoms with Crippen LogP contribution in [0, 0.1) is 11.8 Å². The zero-order valence-corrected chi connectivity index (χ0v) is 14.5. The van der Waals surface area contributed by atoms with Gasteiger partial charge in [0.05, 0.1) is 0 Å². The molecule has 2 heterocycles. The molecule has 0 aromatic heterocycles. The average molecular weight is 324 g/mol. The molecule has 1 saturated carbocycles. The van der Waals surface area contributed by atoms with Gasteiger partial charge in [0, 0.05) is 7.05 Å². The Morgan fingerprint density at radius 2 is 2.00 bits per heavy atom. The van der Waals surface area contributed by atoms with Crippen molar-refractivity contribution in [1.82, 2.24) is 15.5 Å². The molecule has 3 aliphatic rings. The first-order chi connectivity index (χ1) is 10.6. The van der Waals surface area contributed by atoms with E-state index in [-0.39, 0.29) is 5.91 Å². The summed E-state index contributed by atoms with van der Waals surface area (Å²) in [6.07, 6.45) is 11.0. The van der Waals surface area contributed by atoms with Crippen LogP contribution in [0.4, 0.5) is 0 Å². The van der Waals surface area contributed by atoms with Gasteiger partial charge in [-0.25, -0.2) is 0 Å². The van der Waals surface area contributed by atoms with E-state index in [4.69, 9.17) is 12.2 Å². The minimum absolute atomic E-state index is 0.195. The largest absolute Gasteiger partial charge is 0.348 e. The van der Waals surface area contributed by atoms with Crippen LogP contribution < -0.4 is 10.6 Å². The lowest BCUT2D eigenvalue weighted by Gasteiger charge is -2.32. The van der Waals surface area contributed by atoms with Gasteiger partial charge in [-0.2, -0.15) is 0 Å². The fraction of sp³-hybridized carbons (Fsp3) is 0.882. The lowest BCUT2D eigenvalue weighted by molar-refractivity contribution is -0.131. The predicted octanol–water partition coefficient (Wildman–Crippen LogP) is 2.43. The number of nitrogens with zero attached hydrogens (tertiary/aromatic N) is 1. The molecule has 3 rings (SSSR count). The third-order valence-electron chi connectivity index (χ3n) is 5.87. The van der Waals surface area contributed by atoms with Gasteiger partial charge in [-0.05, 0) is 62.8 Å². The van der Waals surface area contributed by atoms with Gasteiger partial charge in [-0.3, -0.25) is 9.69 Å². The summed E-state index contributed by atoms with van der Waals surface area (Å²) in [5, 5.41) is 7.44. The van der Waals surface area contributed by atoms with Crippen LogP contribution in [0.1, 0.15) is 57.8 Å². The number of amides is 1. The molecule has 124 valence electrons. The lowest BCUT2D eigenvalue weighted by atomic mass is 9.78. The minimum atomic E-state index is -0.431. The zero-order chi connectivity index (χ0) is 15.6. The Kier molecular flexibility index (Phi) is 5.03. The second-order valence-electron chi connectivity index (χ2n) is 7.48. The van der Waals surface area contributed by atoms with Gasteiger partial charge in [0.2, 0.25) is 0 Å². The molecule has 22 heavy (non-hydrogen) atoms. The Labute approximate surface area is 139 Å². The van der Waals surface area contributed by atoms with Crippen LogP contribution in [0.2, 0.25) is 0 Å². The number of carbonyl (C=O) groups excluding carboxylic acids is 1. The van der Waals surface area contributed by atoms with Crippen molar-refractivity contribution in [3.8, 4) is 0 Å². The Balaban J connectivity index is 1.68. The number of rotatable bonds is 5. The highest BCUT2D eigenvalue weighted by Gasteiger charge is 2.49. The van der Waals surface area contributed by atoms with Crippen molar-refractivity contribution in [3.63, 3.8) is 0 Å². The molecule has 0 unspecified atom stereocenters. The van der Waals surface area contributed by atoms with Crippen LogP contribution in [0.3, 0.4) is 0 Å². The van der Waals surface area contributed by atoms with E-state index in [9.17, 15) is 4.79 Å². The van der Waals surface area contributed by atoms with Gasteiger partial charge >= 0.3 is 0 Å². The van der Waals surface area contributed by atoms with Crippen LogP contribution in [-0.4, -0.2) is 41.6 Å². The average Bonchev–Trinajstić information content (AvgIpc) is 3.11. The summed E-state index contributed by atoms with van der Waals surface area (Å²) in [4.78, 5) is 14.5. The molecule has 3 fully saturated rings. The molecule has 1 amide bonds. The van der Waals surface area contributed by atoms with E-state index in [1.165, 1.54) is 38.5 Å². The van der Waals surface area contributed by atoms with E-state index < -0.39 is 5.54 Å². The van der Waals surface area contributed by atoms with Crippen molar-refractivity contribution >= 4 is 23.2 Å². The standard InChI is InChI=1S/C17H29N3OS/c1-20-15(21)17(19-16(20)22,11-14-8-10-18-12-14)9-7-13-5-3-2-4-6-13/h13-14,18H,2-12H2,1H3,(H,19,22)/t14-,17-/m0/s1. The smallest absolute Gasteiger partial charge is 0.254 e. The quantitative estimate of drug-likeness (QED) is 0.763. The molecule has 2 atom stereocenters. The van der Waals surface area contributed by atoms with Crippen molar-refractivity contribution in [2.75, 3.05) is 20.1 Å². The monoisotopic (exact) mass is 323 g/mol. The molecule has 2 N–H and O–H groups in total. The van der Waals surface area contributed by atoms with Gasteiger partial charge in [0.1, 0.15) is 5.54 Å². The molecular formula is C17H29N3OS. The first-order valence-corrected chi connectivity index (χ1v) is 9.32. The summed E-state index contributed by atoms with van der Waals surface area (Å²) >= 11 is 5.36. The number of likely N-dealkylation sites (N-methyl/N-ethyl adjacent to an activating group) is 1. The summed E-state index contributed by atoms with van der Waals surface area (Å²) in [6.45, 7) is 2.12. The third kappa shape index (κ3) is 3.30. The number of nitrogens with one attached hydrogen (secondary N) is 2. The summed E-state index contributed by atoms with van der Waals surface area (Å²) < 4.78 is 0. The van der Waals surface area contributed by atoms with Crippen molar-refractivity contribution in [1.29, 1.82) is 0 Å². The first-order valence-electron chi connectivity index (χ1n) is 8.92. The molecule has 2 saturated heterocycles. The van der Waals surface area contributed by atoms with E-state index in [0.717, 1.165) is 38.3 Å². The minimum Gasteiger partial charge on any atom is -0.348 e. The summed E-state index contributed by atoms with van der Waals surface area (Å²) in [7, 11) is 1.81. The molecule has 0 radical (unpaired) electrons. The zero-order valence-electron chi connectivity index (χ0n) is 13.7. The summed E-state index contributed by atoms with van der Waals surface area (Å²) in [5.74, 6) is 1.60. The molecule has 2 aliphatic heterocycles.